The number of nitrogens with two attached hydrogens (primary N) is 1. The lowest BCUT2D eigenvalue weighted by atomic mass is 10.4. The zero-order chi connectivity index (χ0) is 14.0. The maximum absolute atomic E-state index is 11.7. The van der Waals surface area contributed by atoms with Crippen LogP contribution in [0.15, 0.2) is 33.1 Å². The number of hydrogen-bond donors (Lipinski definition) is 3. The van der Waals surface area contributed by atoms with Gasteiger partial charge in [-0.2, -0.15) is 0 Å². The SMILES string of the molecule is NS(=O)(=O)c1ccc(CNC(=O)c2cc(Br)c[nH]2)s1. The standard InChI is InChI=1S/C10H10BrN3O3S2/c11-6-3-8(13-4-6)10(15)14-5-7-1-2-9(18-7)19(12,16)17/h1-4,13H,5H2,(H,14,15)(H2,12,16,17). The van der Waals surface area contributed by atoms with E-state index in [1.807, 2.05) is 0 Å². The van der Waals surface area contributed by atoms with Crippen molar-refractivity contribution in [3.63, 3.8) is 0 Å². The summed E-state index contributed by atoms with van der Waals surface area (Å²) in [5, 5.41) is 7.68. The minimum Gasteiger partial charge on any atom is -0.356 e. The highest BCUT2D eigenvalue weighted by Gasteiger charge is 2.12. The van der Waals surface area contributed by atoms with Gasteiger partial charge >= 0.3 is 0 Å². The fraction of sp³-hybridized carbons (Fsp3) is 0.100. The van der Waals surface area contributed by atoms with Gasteiger partial charge in [0.25, 0.3) is 5.91 Å². The number of nitrogens with one attached hydrogen (secondary N) is 2. The lowest BCUT2D eigenvalue weighted by molar-refractivity contribution is 0.0947. The monoisotopic (exact) mass is 363 g/mol. The molecule has 19 heavy (non-hydrogen) atoms. The Hall–Kier alpha value is -1.16. The topological polar surface area (TPSA) is 105 Å². The molecule has 9 heteroatoms. The molecule has 0 unspecified atom stereocenters. The van der Waals surface area contributed by atoms with E-state index in [0.717, 1.165) is 15.8 Å². The number of amides is 1. The summed E-state index contributed by atoms with van der Waals surface area (Å²) in [5.74, 6) is -0.267. The van der Waals surface area contributed by atoms with Gasteiger partial charge in [0, 0.05) is 15.5 Å². The molecular weight excluding hydrogens is 354 g/mol. The Morgan fingerprint density at radius 3 is 2.74 bits per heavy atom. The molecule has 0 bridgehead atoms. The van der Waals surface area contributed by atoms with Crippen molar-refractivity contribution in [2.24, 2.45) is 5.14 Å². The van der Waals surface area contributed by atoms with E-state index in [0.29, 0.717) is 10.6 Å². The van der Waals surface area contributed by atoms with Gasteiger partial charge < -0.3 is 10.3 Å². The first-order chi connectivity index (χ1) is 8.86. The molecule has 0 radical (unpaired) electrons. The van der Waals surface area contributed by atoms with Crippen molar-refractivity contribution in [2.75, 3.05) is 0 Å². The number of aromatic amines is 1. The number of rotatable bonds is 4. The molecule has 102 valence electrons. The van der Waals surface area contributed by atoms with Crippen molar-refractivity contribution in [1.29, 1.82) is 0 Å². The van der Waals surface area contributed by atoms with Gasteiger partial charge in [-0.15, -0.1) is 11.3 Å². The first-order valence-corrected chi connectivity index (χ1v) is 8.25. The highest BCUT2D eigenvalue weighted by atomic mass is 79.9. The van der Waals surface area contributed by atoms with E-state index in [-0.39, 0.29) is 16.7 Å². The Kier molecular flexibility index (Phi) is 4.09. The van der Waals surface area contributed by atoms with Crippen LogP contribution in [-0.4, -0.2) is 19.3 Å². The average molecular weight is 364 g/mol. The Balaban J connectivity index is 1.99. The number of H-pyrrole nitrogens is 1. The predicted molar refractivity (Wildman–Crippen MR) is 75.4 cm³/mol. The van der Waals surface area contributed by atoms with Gasteiger partial charge in [-0.3, -0.25) is 4.79 Å². The molecule has 0 atom stereocenters. The first kappa shape index (κ1) is 14.3. The van der Waals surface area contributed by atoms with Crippen LogP contribution >= 0.6 is 27.3 Å². The van der Waals surface area contributed by atoms with Gasteiger partial charge in [-0.25, -0.2) is 13.6 Å². The van der Waals surface area contributed by atoms with Crippen LogP contribution < -0.4 is 10.5 Å². The minimum absolute atomic E-state index is 0.0827. The third-order valence-corrected chi connectivity index (χ3v) is 5.21. The number of carbonyl (C=O) groups is 1. The molecule has 0 aliphatic carbocycles. The van der Waals surface area contributed by atoms with Crippen LogP contribution in [0.25, 0.3) is 0 Å². The van der Waals surface area contributed by atoms with Crippen molar-refractivity contribution in [1.82, 2.24) is 10.3 Å². The van der Waals surface area contributed by atoms with Gasteiger partial charge in [-0.1, -0.05) is 0 Å². The van der Waals surface area contributed by atoms with Gasteiger partial charge in [0.15, 0.2) is 0 Å². The van der Waals surface area contributed by atoms with Gasteiger partial charge in [0.2, 0.25) is 10.0 Å². The van der Waals surface area contributed by atoms with Crippen molar-refractivity contribution in [2.45, 2.75) is 10.8 Å². The molecule has 0 aliphatic rings. The van der Waals surface area contributed by atoms with Crippen LogP contribution in [0, 0.1) is 0 Å². The summed E-state index contributed by atoms with van der Waals surface area (Å²) in [6.45, 7) is 0.246. The summed E-state index contributed by atoms with van der Waals surface area (Å²) in [6, 6.07) is 4.70. The molecule has 1 amide bonds. The second kappa shape index (κ2) is 5.45. The molecule has 0 spiro atoms. The van der Waals surface area contributed by atoms with Crippen LogP contribution in [0.4, 0.5) is 0 Å². The fourth-order valence-corrected chi connectivity index (χ4v) is 3.43. The van der Waals surface area contributed by atoms with E-state index in [9.17, 15) is 13.2 Å². The Bertz CT molecular complexity index is 705. The van der Waals surface area contributed by atoms with Crippen molar-refractivity contribution in [3.8, 4) is 0 Å². The summed E-state index contributed by atoms with van der Waals surface area (Å²) >= 11 is 4.27. The highest BCUT2D eigenvalue weighted by Crippen LogP contribution is 2.20. The second-order valence-corrected chi connectivity index (χ2v) is 7.55. The summed E-state index contributed by atoms with van der Waals surface area (Å²) in [5.41, 5.74) is 0.426. The molecule has 0 fully saturated rings. The molecule has 0 aliphatic heterocycles. The first-order valence-electron chi connectivity index (χ1n) is 5.10. The molecule has 2 aromatic rings. The molecule has 0 saturated heterocycles. The van der Waals surface area contributed by atoms with Crippen LogP contribution in [0.3, 0.4) is 0 Å². The summed E-state index contributed by atoms with van der Waals surface area (Å²) in [6.07, 6.45) is 1.65. The zero-order valence-electron chi connectivity index (χ0n) is 9.51. The van der Waals surface area contributed by atoms with E-state index in [1.54, 1.807) is 18.3 Å². The second-order valence-electron chi connectivity index (χ2n) is 3.68. The zero-order valence-corrected chi connectivity index (χ0v) is 12.7. The van der Waals surface area contributed by atoms with E-state index < -0.39 is 10.0 Å². The number of halogens is 1. The number of thiophene rings is 1. The van der Waals surface area contributed by atoms with Crippen molar-refractivity contribution in [3.05, 3.63) is 39.4 Å². The molecule has 2 heterocycles. The maximum Gasteiger partial charge on any atom is 0.268 e. The molecular formula is C10H10BrN3O3S2. The van der Waals surface area contributed by atoms with Crippen LogP contribution in [0.2, 0.25) is 0 Å². The van der Waals surface area contributed by atoms with Gasteiger partial charge in [-0.05, 0) is 34.1 Å². The minimum atomic E-state index is -3.68. The molecule has 0 saturated carbocycles. The molecule has 2 aromatic heterocycles. The van der Waals surface area contributed by atoms with Crippen LogP contribution in [-0.2, 0) is 16.6 Å². The normalized spacial score (nSPS) is 11.5. The van der Waals surface area contributed by atoms with Crippen LogP contribution in [0.1, 0.15) is 15.4 Å². The lowest BCUT2D eigenvalue weighted by Crippen LogP contribution is -2.22. The maximum atomic E-state index is 11.7. The predicted octanol–water partition coefficient (Wildman–Crippen LogP) is 1.42. The third-order valence-electron chi connectivity index (χ3n) is 2.23. The number of sulfonamides is 1. The summed E-state index contributed by atoms with van der Waals surface area (Å²) in [4.78, 5) is 15.2. The number of primary sulfonamides is 1. The third kappa shape index (κ3) is 3.66. The van der Waals surface area contributed by atoms with E-state index in [4.69, 9.17) is 5.14 Å². The van der Waals surface area contributed by atoms with Crippen molar-refractivity contribution >= 4 is 43.2 Å². The highest BCUT2D eigenvalue weighted by molar-refractivity contribution is 9.10. The largest absolute Gasteiger partial charge is 0.356 e. The number of aromatic nitrogens is 1. The number of hydrogen-bond acceptors (Lipinski definition) is 4. The Morgan fingerprint density at radius 1 is 1.47 bits per heavy atom. The molecule has 4 N–H and O–H groups in total. The average Bonchev–Trinajstić information content (AvgIpc) is 2.93. The van der Waals surface area contributed by atoms with E-state index in [1.165, 1.54) is 6.07 Å². The van der Waals surface area contributed by atoms with E-state index in [2.05, 4.69) is 26.2 Å². The smallest absolute Gasteiger partial charge is 0.268 e. The summed E-state index contributed by atoms with van der Waals surface area (Å²) in [7, 11) is -3.68. The number of carbonyl (C=O) groups excluding carboxylic acids is 1. The Morgan fingerprint density at radius 2 is 2.21 bits per heavy atom. The quantitative estimate of drug-likeness (QED) is 0.764. The van der Waals surface area contributed by atoms with Gasteiger partial charge in [0.1, 0.15) is 9.90 Å². The van der Waals surface area contributed by atoms with Crippen LogP contribution in [0.5, 0.6) is 0 Å². The molecule has 6 nitrogen and oxygen atoms in total. The summed E-state index contributed by atoms with van der Waals surface area (Å²) < 4.78 is 23.1. The van der Waals surface area contributed by atoms with E-state index >= 15 is 0 Å². The van der Waals surface area contributed by atoms with Gasteiger partial charge in [0.05, 0.1) is 6.54 Å². The lowest BCUT2D eigenvalue weighted by Gasteiger charge is -2.01. The molecule has 0 aromatic carbocycles. The fourth-order valence-electron chi connectivity index (χ4n) is 1.37. The molecule has 2 rings (SSSR count). The Labute approximate surface area is 122 Å². The van der Waals surface area contributed by atoms with Crippen molar-refractivity contribution < 1.29 is 13.2 Å².